The molecule has 2 aromatic rings. The second kappa shape index (κ2) is 7.55. The molecule has 0 aromatic heterocycles. The number of ether oxygens (including phenoxy) is 1. The summed E-state index contributed by atoms with van der Waals surface area (Å²) >= 11 is 6.03. The van der Waals surface area contributed by atoms with Crippen molar-refractivity contribution >= 4 is 17.3 Å². The van der Waals surface area contributed by atoms with Gasteiger partial charge < -0.3 is 10.1 Å². The van der Waals surface area contributed by atoms with Gasteiger partial charge in [0.25, 0.3) is 0 Å². The van der Waals surface area contributed by atoms with Crippen LogP contribution in [0.1, 0.15) is 37.8 Å². The standard InChI is InChI=1S/C19H24ClNO/c1-13(2)16-6-9-18(10-7-16)22-15(4)12-21-19-11-17(20)8-5-14(19)3/h5-11,13,15,21H,12H2,1-4H3. The van der Waals surface area contributed by atoms with Crippen molar-refractivity contribution in [1.82, 2.24) is 0 Å². The number of hydrogen-bond donors (Lipinski definition) is 1. The van der Waals surface area contributed by atoms with Gasteiger partial charge in [-0.05, 0) is 55.2 Å². The molecule has 2 rings (SSSR count). The van der Waals surface area contributed by atoms with Crippen molar-refractivity contribution in [2.75, 3.05) is 11.9 Å². The van der Waals surface area contributed by atoms with Crippen LogP contribution in [0.4, 0.5) is 5.69 Å². The van der Waals surface area contributed by atoms with Crippen LogP contribution in [0, 0.1) is 6.92 Å². The van der Waals surface area contributed by atoms with E-state index in [1.165, 1.54) is 11.1 Å². The largest absolute Gasteiger partial charge is 0.489 e. The molecule has 1 unspecified atom stereocenters. The van der Waals surface area contributed by atoms with Gasteiger partial charge in [-0.2, -0.15) is 0 Å². The van der Waals surface area contributed by atoms with E-state index in [0.29, 0.717) is 5.92 Å². The average molecular weight is 318 g/mol. The molecule has 0 aliphatic heterocycles. The predicted molar refractivity (Wildman–Crippen MR) is 95.3 cm³/mol. The summed E-state index contributed by atoms with van der Waals surface area (Å²) in [5.41, 5.74) is 3.56. The Labute approximate surface area is 138 Å². The summed E-state index contributed by atoms with van der Waals surface area (Å²) in [4.78, 5) is 0. The average Bonchev–Trinajstić information content (AvgIpc) is 2.49. The summed E-state index contributed by atoms with van der Waals surface area (Å²) in [6, 6.07) is 14.2. The maximum atomic E-state index is 6.03. The zero-order valence-corrected chi connectivity index (χ0v) is 14.4. The lowest BCUT2D eigenvalue weighted by molar-refractivity contribution is 0.234. The normalized spacial score (nSPS) is 12.3. The molecule has 1 N–H and O–H groups in total. The maximum Gasteiger partial charge on any atom is 0.119 e. The van der Waals surface area contributed by atoms with Crippen molar-refractivity contribution in [3.8, 4) is 5.75 Å². The van der Waals surface area contributed by atoms with E-state index in [0.717, 1.165) is 23.0 Å². The second-order valence-corrected chi connectivity index (χ2v) is 6.43. The summed E-state index contributed by atoms with van der Waals surface area (Å²) in [6.07, 6.45) is 0.0725. The summed E-state index contributed by atoms with van der Waals surface area (Å²) in [6.45, 7) is 9.23. The second-order valence-electron chi connectivity index (χ2n) is 5.99. The number of rotatable bonds is 6. The lowest BCUT2D eigenvalue weighted by Crippen LogP contribution is -2.23. The number of hydrogen-bond acceptors (Lipinski definition) is 2. The van der Waals surface area contributed by atoms with E-state index < -0.39 is 0 Å². The minimum atomic E-state index is 0.0725. The van der Waals surface area contributed by atoms with Crippen LogP contribution in [-0.2, 0) is 0 Å². The highest BCUT2D eigenvalue weighted by Crippen LogP contribution is 2.21. The quantitative estimate of drug-likeness (QED) is 0.743. The Morgan fingerprint density at radius 1 is 1.05 bits per heavy atom. The predicted octanol–water partition coefficient (Wildman–Crippen LogP) is 5.65. The molecule has 0 fully saturated rings. The Balaban J connectivity index is 1.90. The van der Waals surface area contributed by atoms with Crippen molar-refractivity contribution in [1.29, 1.82) is 0 Å². The summed E-state index contributed by atoms with van der Waals surface area (Å²) < 4.78 is 5.95. The van der Waals surface area contributed by atoms with Crippen LogP contribution in [0.25, 0.3) is 0 Å². The van der Waals surface area contributed by atoms with Crippen molar-refractivity contribution in [3.63, 3.8) is 0 Å². The van der Waals surface area contributed by atoms with Crippen LogP contribution in [-0.4, -0.2) is 12.6 Å². The molecule has 0 amide bonds. The van der Waals surface area contributed by atoms with Gasteiger partial charge in [0.05, 0.1) is 6.54 Å². The van der Waals surface area contributed by atoms with Crippen LogP contribution < -0.4 is 10.1 Å². The summed E-state index contributed by atoms with van der Waals surface area (Å²) in [7, 11) is 0. The van der Waals surface area contributed by atoms with Gasteiger partial charge in [-0.1, -0.05) is 43.6 Å². The van der Waals surface area contributed by atoms with Gasteiger partial charge in [-0.25, -0.2) is 0 Å². The van der Waals surface area contributed by atoms with E-state index in [1.54, 1.807) is 0 Å². The Kier molecular flexibility index (Phi) is 5.73. The van der Waals surface area contributed by atoms with Crippen LogP contribution in [0.3, 0.4) is 0 Å². The Morgan fingerprint density at radius 2 is 1.73 bits per heavy atom. The third-order valence-electron chi connectivity index (χ3n) is 3.66. The van der Waals surface area contributed by atoms with Crippen LogP contribution in [0.15, 0.2) is 42.5 Å². The SMILES string of the molecule is Cc1ccc(Cl)cc1NCC(C)Oc1ccc(C(C)C)cc1. The molecular formula is C19H24ClNO. The Bertz CT molecular complexity index is 607. The molecule has 2 aromatic carbocycles. The molecule has 118 valence electrons. The van der Waals surface area contributed by atoms with Crippen LogP contribution in [0.2, 0.25) is 5.02 Å². The minimum absolute atomic E-state index is 0.0725. The molecule has 3 heteroatoms. The molecule has 22 heavy (non-hydrogen) atoms. The first-order chi connectivity index (χ1) is 10.5. The monoisotopic (exact) mass is 317 g/mol. The van der Waals surface area contributed by atoms with Crippen molar-refractivity contribution < 1.29 is 4.74 Å². The van der Waals surface area contributed by atoms with Crippen molar-refractivity contribution in [2.45, 2.75) is 39.7 Å². The van der Waals surface area contributed by atoms with Gasteiger partial charge >= 0.3 is 0 Å². The molecule has 0 heterocycles. The first-order valence-electron chi connectivity index (χ1n) is 7.72. The molecule has 0 saturated heterocycles. The smallest absolute Gasteiger partial charge is 0.119 e. The Morgan fingerprint density at radius 3 is 2.36 bits per heavy atom. The number of halogens is 1. The minimum Gasteiger partial charge on any atom is -0.489 e. The van der Waals surface area contributed by atoms with E-state index in [4.69, 9.17) is 16.3 Å². The molecule has 0 aliphatic carbocycles. The van der Waals surface area contributed by atoms with Gasteiger partial charge in [-0.3, -0.25) is 0 Å². The Hall–Kier alpha value is -1.67. The van der Waals surface area contributed by atoms with Gasteiger partial charge in [0, 0.05) is 10.7 Å². The molecule has 1 atom stereocenters. The zero-order valence-electron chi connectivity index (χ0n) is 13.7. The van der Waals surface area contributed by atoms with Crippen molar-refractivity contribution in [3.05, 3.63) is 58.6 Å². The first kappa shape index (κ1) is 16.7. The fourth-order valence-electron chi connectivity index (χ4n) is 2.24. The number of nitrogens with one attached hydrogen (secondary N) is 1. The lowest BCUT2D eigenvalue weighted by atomic mass is 10.0. The summed E-state index contributed by atoms with van der Waals surface area (Å²) in [5.74, 6) is 1.44. The van der Waals surface area contributed by atoms with E-state index >= 15 is 0 Å². The van der Waals surface area contributed by atoms with E-state index in [1.807, 2.05) is 30.3 Å². The highest BCUT2D eigenvalue weighted by molar-refractivity contribution is 6.30. The molecule has 0 aliphatic rings. The van der Waals surface area contributed by atoms with Gasteiger partial charge in [0.1, 0.15) is 11.9 Å². The molecular weight excluding hydrogens is 294 g/mol. The zero-order chi connectivity index (χ0) is 16.1. The van der Waals surface area contributed by atoms with E-state index in [9.17, 15) is 0 Å². The third-order valence-corrected chi connectivity index (χ3v) is 3.90. The van der Waals surface area contributed by atoms with Gasteiger partial charge in [0.15, 0.2) is 0 Å². The van der Waals surface area contributed by atoms with Crippen LogP contribution >= 0.6 is 11.6 Å². The van der Waals surface area contributed by atoms with Crippen LogP contribution in [0.5, 0.6) is 5.75 Å². The number of benzene rings is 2. The van der Waals surface area contributed by atoms with E-state index in [-0.39, 0.29) is 6.10 Å². The third kappa shape index (κ3) is 4.67. The van der Waals surface area contributed by atoms with Gasteiger partial charge in [0.2, 0.25) is 0 Å². The highest BCUT2D eigenvalue weighted by atomic mass is 35.5. The molecule has 0 spiro atoms. The molecule has 0 radical (unpaired) electrons. The maximum absolute atomic E-state index is 6.03. The lowest BCUT2D eigenvalue weighted by Gasteiger charge is -2.18. The number of aryl methyl sites for hydroxylation is 1. The fraction of sp³-hybridized carbons (Fsp3) is 0.368. The highest BCUT2D eigenvalue weighted by Gasteiger charge is 2.06. The number of anilines is 1. The molecule has 0 saturated carbocycles. The molecule has 2 nitrogen and oxygen atoms in total. The van der Waals surface area contributed by atoms with E-state index in [2.05, 4.69) is 45.1 Å². The fourth-order valence-corrected chi connectivity index (χ4v) is 2.42. The summed E-state index contributed by atoms with van der Waals surface area (Å²) in [5, 5.41) is 4.14. The topological polar surface area (TPSA) is 21.3 Å². The van der Waals surface area contributed by atoms with Crippen molar-refractivity contribution in [2.24, 2.45) is 0 Å². The van der Waals surface area contributed by atoms with Gasteiger partial charge in [-0.15, -0.1) is 0 Å². The first-order valence-corrected chi connectivity index (χ1v) is 8.10. The molecule has 0 bridgehead atoms.